The van der Waals surface area contributed by atoms with Crippen LogP contribution < -0.4 is 15.2 Å². The fraction of sp³-hybridized carbons (Fsp3) is 0.346. The van der Waals surface area contributed by atoms with Crippen LogP contribution in [0.1, 0.15) is 13.8 Å². The normalized spacial score (nSPS) is 14.6. The van der Waals surface area contributed by atoms with E-state index in [1.54, 1.807) is 49.2 Å². The Balaban J connectivity index is 1.45. The van der Waals surface area contributed by atoms with Crippen molar-refractivity contribution >= 4 is 28.3 Å². The second-order valence-corrected chi connectivity index (χ2v) is 8.18. The van der Waals surface area contributed by atoms with Crippen LogP contribution in [0.5, 0.6) is 5.75 Å². The predicted octanol–water partition coefficient (Wildman–Crippen LogP) is 2.68. The number of nitrogens with zero attached hydrogens (tertiary/aromatic N) is 3. The molecule has 0 bridgehead atoms. The second-order valence-electron chi connectivity index (χ2n) is 8.18. The summed E-state index contributed by atoms with van der Waals surface area (Å²) < 4.78 is 12.2. The van der Waals surface area contributed by atoms with Gasteiger partial charge in [0, 0.05) is 43.4 Å². The standard InChI is InChI=1S/C26H29N3O5/c1-3-33-26(32)19(2)34-23-11-7-10-22-21(23)12-13-29(25(22)31)18-24(30)28-16-14-27(15-17-28)20-8-5-4-6-9-20/h4-13,19H,3,14-18H2,1-2H3/t19-/m1/s1. The van der Waals surface area contributed by atoms with E-state index in [4.69, 9.17) is 9.47 Å². The van der Waals surface area contributed by atoms with Crippen LogP contribution in [0.15, 0.2) is 65.6 Å². The number of pyridine rings is 1. The number of carbonyl (C=O) groups excluding carboxylic acids is 2. The topological polar surface area (TPSA) is 81.1 Å². The molecule has 1 aliphatic heterocycles. The first-order chi connectivity index (χ1) is 16.5. The van der Waals surface area contributed by atoms with Gasteiger partial charge in [0.15, 0.2) is 6.10 Å². The number of hydrogen-bond donors (Lipinski definition) is 0. The largest absolute Gasteiger partial charge is 0.478 e. The molecule has 178 valence electrons. The number of aromatic nitrogens is 1. The molecule has 0 spiro atoms. The van der Waals surface area contributed by atoms with E-state index < -0.39 is 12.1 Å². The number of carbonyl (C=O) groups is 2. The lowest BCUT2D eigenvalue weighted by molar-refractivity contribution is -0.150. The molecule has 1 saturated heterocycles. The van der Waals surface area contributed by atoms with Crippen molar-refractivity contribution in [1.29, 1.82) is 0 Å². The average Bonchev–Trinajstić information content (AvgIpc) is 2.86. The average molecular weight is 464 g/mol. The SMILES string of the molecule is CCOC(=O)[C@@H](C)Oc1cccc2c(=O)n(CC(=O)N3CCN(c4ccccc4)CC3)ccc12. The Morgan fingerprint density at radius 2 is 1.68 bits per heavy atom. The van der Waals surface area contributed by atoms with Crippen molar-refractivity contribution in [3.05, 3.63) is 71.1 Å². The van der Waals surface area contributed by atoms with E-state index in [0.717, 1.165) is 18.8 Å². The van der Waals surface area contributed by atoms with Crippen molar-refractivity contribution in [2.24, 2.45) is 0 Å². The molecule has 1 fully saturated rings. The summed E-state index contributed by atoms with van der Waals surface area (Å²) in [5, 5.41) is 1.02. The summed E-state index contributed by atoms with van der Waals surface area (Å²) in [6, 6.07) is 17.0. The van der Waals surface area contributed by atoms with Crippen molar-refractivity contribution in [1.82, 2.24) is 9.47 Å². The minimum atomic E-state index is -0.802. The molecule has 0 aliphatic carbocycles. The van der Waals surface area contributed by atoms with Crippen LogP contribution in [0.4, 0.5) is 5.69 Å². The molecule has 1 atom stereocenters. The molecule has 34 heavy (non-hydrogen) atoms. The molecule has 2 heterocycles. The number of anilines is 1. The Bertz CT molecular complexity index is 1220. The number of benzene rings is 2. The maximum atomic E-state index is 13.1. The molecule has 1 aliphatic rings. The lowest BCUT2D eigenvalue weighted by atomic mass is 10.1. The van der Waals surface area contributed by atoms with Gasteiger partial charge >= 0.3 is 5.97 Å². The Kier molecular flexibility index (Phi) is 7.15. The number of ether oxygens (including phenoxy) is 2. The van der Waals surface area contributed by atoms with Crippen molar-refractivity contribution in [3.8, 4) is 5.75 Å². The first kappa shape index (κ1) is 23.4. The monoisotopic (exact) mass is 463 g/mol. The molecule has 1 amide bonds. The number of rotatable bonds is 7. The minimum Gasteiger partial charge on any atom is -0.478 e. The maximum absolute atomic E-state index is 13.1. The Hall–Kier alpha value is -3.81. The highest BCUT2D eigenvalue weighted by atomic mass is 16.6. The minimum absolute atomic E-state index is 0.0234. The van der Waals surface area contributed by atoms with Crippen molar-refractivity contribution in [2.45, 2.75) is 26.5 Å². The molecule has 2 aromatic carbocycles. The van der Waals surface area contributed by atoms with Crippen molar-refractivity contribution in [3.63, 3.8) is 0 Å². The van der Waals surface area contributed by atoms with Gasteiger partial charge in [-0.15, -0.1) is 0 Å². The molecular weight excluding hydrogens is 434 g/mol. The van der Waals surface area contributed by atoms with Gasteiger partial charge < -0.3 is 23.8 Å². The van der Waals surface area contributed by atoms with Crippen LogP contribution in [0, 0.1) is 0 Å². The zero-order valence-electron chi connectivity index (χ0n) is 19.5. The predicted molar refractivity (Wildman–Crippen MR) is 130 cm³/mol. The van der Waals surface area contributed by atoms with E-state index in [1.807, 2.05) is 18.2 Å². The maximum Gasteiger partial charge on any atom is 0.347 e. The van der Waals surface area contributed by atoms with Crippen LogP contribution in [-0.4, -0.2) is 60.2 Å². The van der Waals surface area contributed by atoms with Gasteiger partial charge in [0.2, 0.25) is 5.91 Å². The summed E-state index contributed by atoms with van der Waals surface area (Å²) >= 11 is 0. The molecule has 0 radical (unpaired) electrons. The van der Waals surface area contributed by atoms with Gasteiger partial charge in [-0.2, -0.15) is 0 Å². The number of hydrogen-bond acceptors (Lipinski definition) is 6. The molecule has 8 nitrogen and oxygen atoms in total. The molecule has 1 aromatic heterocycles. The Morgan fingerprint density at radius 3 is 2.38 bits per heavy atom. The summed E-state index contributed by atoms with van der Waals surface area (Å²) in [6.45, 7) is 6.30. The third-order valence-corrected chi connectivity index (χ3v) is 5.96. The van der Waals surface area contributed by atoms with E-state index in [9.17, 15) is 14.4 Å². The highest BCUT2D eigenvalue weighted by Crippen LogP contribution is 2.24. The summed E-state index contributed by atoms with van der Waals surface area (Å²) in [6.07, 6.45) is 0.800. The molecular formula is C26H29N3O5. The first-order valence-corrected chi connectivity index (χ1v) is 11.5. The van der Waals surface area contributed by atoms with Gasteiger partial charge in [-0.3, -0.25) is 9.59 Å². The van der Waals surface area contributed by atoms with Gasteiger partial charge in [-0.05, 0) is 44.2 Å². The highest BCUT2D eigenvalue weighted by molar-refractivity contribution is 5.88. The molecule has 0 N–H and O–H groups in total. The molecule has 0 unspecified atom stereocenters. The molecule has 3 aromatic rings. The van der Waals surface area contributed by atoms with Crippen LogP contribution in [-0.2, 0) is 20.9 Å². The van der Waals surface area contributed by atoms with Crippen LogP contribution in [0.3, 0.4) is 0 Å². The number of para-hydroxylation sites is 1. The summed E-state index contributed by atoms with van der Waals surface area (Å²) in [7, 11) is 0. The third-order valence-electron chi connectivity index (χ3n) is 5.96. The molecule has 0 saturated carbocycles. The van der Waals surface area contributed by atoms with Gasteiger partial charge in [0.1, 0.15) is 12.3 Å². The number of amides is 1. The van der Waals surface area contributed by atoms with E-state index in [1.165, 1.54) is 4.57 Å². The van der Waals surface area contributed by atoms with Gasteiger partial charge in [0.25, 0.3) is 5.56 Å². The number of fused-ring (bicyclic) bond motifs is 1. The first-order valence-electron chi connectivity index (χ1n) is 11.5. The Labute approximate surface area is 198 Å². The Morgan fingerprint density at radius 1 is 0.941 bits per heavy atom. The van der Waals surface area contributed by atoms with Crippen LogP contribution in [0.2, 0.25) is 0 Å². The zero-order chi connectivity index (χ0) is 24.1. The summed E-state index contributed by atoms with van der Waals surface area (Å²) in [4.78, 5) is 42.0. The second kappa shape index (κ2) is 10.4. The van der Waals surface area contributed by atoms with E-state index in [2.05, 4.69) is 17.0 Å². The number of piperazine rings is 1. The van der Waals surface area contributed by atoms with Crippen molar-refractivity contribution in [2.75, 3.05) is 37.7 Å². The molecule has 8 heteroatoms. The van der Waals surface area contributed by atoms with Gasteiger partial charge in [-0.1, -0.05) is 24.3 Å². The van der Waals surface area contributed by atoms with Crippen LogP contribution >= 0.6 is 0 Å². The highest BCUT2D eigenvalue weighted by Gasteiger charge is 2.22. The number of esters is 1. The smallest absolute Gasteiger partial charge is 0.347 e. The quantitative estimate of drug-likeness (QED) is 0.501. The van der Waals surface area contributed by atoms with E-state index in [0.29, 0.717) is 29.6 Å². The fourth-order valence-corrected chi connectivity index (χ4v) is 4.11. The van der Waals surface area contributed by atoms with Crippen molar-refractivity contribution < 1.29 is 19.1 Å². The third kappa shape index (κ3) is 5.06. The summed E-state index contributed by atoms with van der Waals surface area (Å²) in [5.74, 6) is -0.131. The zero-order valence-corrected chi connectivity index (χ0v) is 19.5. The van der Waals surface area contributed by atoms with E-state index >= 15 is 0 Å². The lowest BCUT2D eigenvalue weighted by Gasteiger charge is -2.36. The fourth-order valence-electron chi connectivity index (χ4n) is 4.11. The summed E-state index contributed by atoms with van der Waals surface area (Å²) in [5.41, 5.74) is 0.874. The van der Waals surface area contributed by atoms with Crippen LogP contribution in [0.25, 0.3) is 10.8 Å². The van der Waals surface area contributed by atoms with Gasteiger partial charge in [0.05, 0.1) is 12.0 Å². The van der Waals surface area contributed by atoms with Gasteiger partial charge in [-0.25, -0.2) is 4.79 Å². The molecule has 4 rings (SSSR count). The van der Waals surface area contributed by atoms with E-state index in [-0.39, 0.29) is 24.6 Å². The lowest BCUT2D eigenvalue weighted by Crippen LogP contribution is -2.50.